The van der Waals surface area contributed by atoms with E-state index in [1.165, 1.54) is 11.3 Å². The van der Waals surface area contributed by atoms with Crippen LogP contribution in [0, 0.1) is 5.92 Å². The van der Waals surface area contributed by atoms with Crippen molar-refractivity contribution in [2.75, 3.05) is 38.7 Å². The van der Waals surface area contributed by atoms with Crippen LogP contribution >= 0.6 is 0 Å². The third-order valence-electron chi connectivity index (χ3n) is 4.51. The van der Waals surface area contributed by atoms with Crippen molar-refractivity contribution in [2.24, 2.45) is 5.92 Å². The minimum Gasteiger partial charge on any atom is -0.385 e. The Bertz CT molecular complexity index is 510. The van der Waals surface area contributed by atoms with E-state index < -0.39 is 0 Å². The molecule has 0 spiro atoms. The molecule has 2 heterocycles. The van der Waals surface area contributed by atoms with Gasteiger partial charge in [-0.3, -0.25) is 4.79 Å². The van der Waals surface area contributed by atoms with Gasteiger partial charge in [-0.25, -0.2) is 0 Å². The number of amides is 1. The van der Waals surface area contributed by atoms with Crippen molar-refractivity contribution in [3.8, 4) is 0 Å². The fourth-order valence-corrected chi connectivity index (χ4v) is 3.23. The van der Waals surface area contributed by atoms with Crippen LogP contribution in [0.4, 0.5) is 5.69 Å². The number of carbonyl (C=O) groups excluding carboxylic acids is 1. The van der Waals surface area contributed by atoms with E-state index in [-0.39, 0.29) is 5.91 Å². The lowest BCUT2D eigenvalue weighted by atomic mass is 9.98. The molecule has 114 valence electrons. The maximum atomic E-state index is 12.6. The molecule has 0 radical (unpaired) electrons. The maximum Gasteiger partial charge on any atom is 0.253 e. The summed E-state index contributed by atoms with van der Waals surface area (Å²) in [5.74, 6) is 0.710. The van der Waals surface area contributed by atoms with E-state index in [4.69, 9.17) is 4.74 Å². The van der Waals surface area contributed by atoms with Gasteiger partial charge in [0.25, 0.3) is 5.91 Å². The number of carbonyl (C=O) groups is 1. The number of nitrogens with zero attached hydrogens (tertiary/aromatic N) is 1. The van der Waals surface area contributed by atoms with Crippen LogP contribution in [0.2, 0.25) is 0 Å². The van der Waals surface area contributed by atoms with Crippen LogP contribution < -0.4 is 5.32 Å². The SMILES string of the molecule is CN(CC1CCOCC1)C(=O)c1ccc2c(c1)CCCN2. The molecule has 1 saturated heterocycles. The van der Waals surface area contributed by atoms with Crippen LogP contribution in [0.5, 0.6) is 0 Å². The predicted octanol–water partition coefficient (Wildman–Crippen LogP) is 2.54. The number of benzene rings is 1. The van der Waals surface area contributed by atoms with Crippen LogP contribution in [-0.2, 0) is 11.2 Å². The topological polar surface area (TPSA) is 41.6 Å². The van der Waals surface area contributed by atoms with Gasteiger partial charge in [-0.15, -0.1) is 0 Å². The normalized spacial score (nSPS) is 18.7. The molecule has 3 rings (SSSR count). The van der Waals surface area contributed by atoms with E-state index in [0.29, 0.717) is 5.92 Å². The molecular weight excluding hydrogens is 264 g/mol. The van der Waals surface area contributed by atoms with Gasteiger partial charge in [-0.2, -0.15) is 0 Å². The van der Waals surface area contributed by atoms with Crippen LogP contribution in [-0.4, -0.2) is 44.2 Å². The first-order valence-electron chi connectivity index (χ1n) is 7.94. The zero-order chi connectivity index (χ0) is 14.7. The number of aryl methyl sites for hydroxylation is 1. The molecule has 1 amide bonds. The molecular formula is C17H24N2O2. The van der Waals surface area contributed by atoms with Crippen molar-refractivity contribution in [3.63, 3.8) is 0 Å². The lowest BCUT2D eigenvalue weighted by Crippen LogP contribution is -2.34. The van der Waals surface area contributed by atoms with Crippen LogP contribution in [0.3, 0.4) is 0 Å². The van der Waals surface area contributed by atoms with Gasteiger partial charge >= 0.3 is 0 Å². The van der Waals surface area contributed by atoms with Crippen molar-refractivity contribution in [1.29, 1.82) is 0 Å². The largest absolute Gasteiger partial charge is 0.385 e. The van der Waals surface area contributed by atoms with Gasteiger partial charge in [0.15, 0.2) is 0 Å². The summed E-state index contributed by atoms with van der Waals surface area (Å²) in [6.07, 6.45) is 4.33. The minimum atomic E-state index is 0.134. The summed E-state index contributed by atoms with van der Waals surface area (Å²) < 4.78 is 5.38. The molecule has 1 fully saturated rings. The highest BCUT2D eigenvalue weighted by molar-refractivity contribution is 5.94. The summed E-state index contributed by atoms with van der Waals surface area (Å²) in [6, 6.07) is 6.05. The zero-order valence-corrected chi connectivity index (χ0v) is 12.7. The van der Waals surface area contributed by atoms with Gasteiger partial charge in [0.1, 0.15) is 0 Å². The number of hydrogen-bond donors (Lipinski definition) is 1. The third kappa shape index (κ3) is 3.38. The number of rotatable bonds is 3. The minimum absolute atomic E-state index is 0.134. The van der Waals surface area contributed by atoms with E-state index in [2.05, 4.69) is 11.4 Å². The van der Waals surface area contributed by atoms with Crippen LogP contribution in [0.25, 0.3) is 0 Å². The van der Waals surface area contributed by atoms with Gasteiger partial charge in [-0.05, 0) is 55.4 Å². The monoisotopic (exact) mass is 288 g/mol. The molecule has 0 bridgehead atoms. The summed E-state index contributed by atoms with van der Waals surface area (Å²) in [5.41, 5.74) is 3.27. The molecule has 0 aliphatic carbocycles. The molecule has 0 aromatic heterocycles. The quantitative estimate of drug-likeness (QED) is 0.929. The van der Waals surface area contributed by atoms with Gasteiger partial charge in [0.2, 0.25) is 0 Å². The Hall–Kier alpha value is -1.55. The molecule has 4 nitrogen and oxygen atoms in total. The Morgan fingerprint density at radius 1 is 1.38 bits per heavy atom. The highest BCUT2D eigenvalue weighted by atomic mass is 16.5. The molecule has 4 heteroatoms. The van der Waals surface area contributed by atoms with Crippen molar-refractivity contribution < 1.29 is 9.53 Å². The Morgan fingerprint density at radius 3 is 3.00 bits per heavy atom. The molecule has 1 aromatic rings. The molecule has 0 atom stereocenters. The Morgan fingerprint density at radius 2 is 2.19 bits per heavy atom. The first-order chi connectivity index (χ1) is 10.2. The summed E-state index contributed by atoms with van der Waals surface area (Å²) in [7, 11) is 1.91. The van der Waals surface area contributed by atoms with Gasteiger partial charge in [0, 0.05) is 44.6 Å². The molecule has 1 aromatic carbocycles. The van der Waals surface area contributed by atoms with E-state index in [1.807, 2.05) is 24.1 Å². The predicted molar refractivity (Wildman–Crippen MR) is 83.8 cm³/mol. The molecule has 1 N–H and O–H groups in total. The first kappa shape index (κ1) is 14.4. The van der Waals surface area contributed by atoms with Crippen molar-refractivity contribution in [3.05, 3.63) is 29.3 Å². The fraction of sp³-hybridized carbons (Fsp3) is 0.588. The number of anilines is 1. The third-order valence-corrected chi connectivity index (χ3v) is 4.51. The second-order valence-electron chi connectivity index (χ2n) is 6.14. The van der Waals surface area contributed by atoms with Crippen molar-refractivity contribution >= 4 is 11.6 Å². The van der Waals surface area contributed by atoms with E-state index in [9.17, 15) is 4.79 Å². The smallest absolute Gasteiger partial charge is 0.253 e. The standard InChI is InChI=1S/C17H24N2O2/c1-19(12-13-6-9-21-10-7-13)17(20)15-4-5-16-14(11-15)3-2-8-18-16/h4-5,11,13,18H,2-3,6-10,12H2,1H3. The summed E-state index contributed by atoms with van der Waals surface area (Å²) >= 11 is 0. The number of fused-ring (bicyclic) bond motifs is 1. The highest BCUT2D eigenvalue weighted by Crippen LogP contribution is 2.24. The average molecular weight is 288 g/mol. The average Bonchev–Trinajstić information content (AvgIpc) is 2.54. The lowest BCUT2D eigenvalue weighted by Gasteiger charge is -2.27. The fourth-order valence-electron chi connectivity index (χ4n) is 3.23. The van der Waals surface area contributed by atoms with Crippen molar-refractivity contribution in [2.45, 2.75) is 25.7 Å². The summed E-state index contributed by atoms with van der Waals surface area (Å²) in [6.45, 7) is 3.52. The zero-order valence-electron chi connectivity index (χ0n) is 12.7. The molecule has 2 aliphatic rings. The molecule has 2 aliphatic heterocycles. The van der Waals surface area contributed by atoms with E-state index in [0.717, 1.165) is 57.6 Å². The van der Waals surface area contributed by atoms with Crippen LogP contribution in [0.15, 0.2) is 18.2 Å². The number of ether oxygens (including phenoxy) is 1. The number of hydrogen-bond acceptors (Lipinski definition) is 3. The Kier molecular flexibility index (Phi) is 4.44. The van der Waals surface area contributed by atoms with Gasteiger partial charge < -0.3 is 15.0 Å². The maximum absolute atomic E-state index is 12.6. The van der Waals surface area contributed by atoms with E-state index in [1.54, 1.807) is 0 Å². The lowest BCUT2D eigenvalue weighted by molar-refractivity contribution is 0.0497. The van der Waals surface area contributed by atoms with Crippen LogP contribution in [0.1, 0.15) is 35.2 Å². The second kappa shape index (κ2) is 6.48. The van der Waals surface area contributed by atoms with Gasteiger partial charge in [-0.1, -0.05) is 0 Å². The Balaban J connectivity index is 1.66. The Labute approximate surface area is 126 Å². The summed E-state index contributed by atoms with van der Waals surface area (Å²) in [4.78, 5) is 14.4. The highest BCUT2D eigenvalue weighted by Gasteiger charge is 2.20. The number of nitrogens with one attached hydrogen (secondary N) is 1. The van der Waals surface area contributed by atoms with Gasteiger partial charge in [0.05, 0.1) is 0 Å². The van der Waals surface area contributed by atoms with E-state index >= 15 is 0 Å². The first-order valence-corrected chi connectivity index (χ1v) is 7.94. The second-order valence-corrected chi connectivity index (χ2v) is 6.14. The molecule has 21 heavy (non-hydrogen) atoms. The molecule has 0 unspecified atom stereocenters. The molecule has 0 saturated carbocycles. The summed E-state index contributed by atoms with van der Waals surface area (Å²) in [5, 5.41) is 3.38. The van der Waals surface area contributed by atoms with Crippen molar-refractivity contribution in [1.82, 2.24) is 4.90 Å².